The number of nitrogens with zero attached hydrogens (tertiary/aromatic N) is 2. The van der Waals surface area contributed by atoms with Gasteiger partial charge in [0.2, 0.25) is 0 Å². The van der Waals surface area contributed by atoms with Gasteiger partial charge < -0.3 is 15.2 Å². The van der Waals surface area contributed by atoms with Crippen LogP contribution < -0.4 is 5.32 Å². The number of aromatic nitrogens is 2. The average molecular weight is 350 g/mol. The Labute approximate surface area is 154 Å². The number of rotatable bonds is 6. The highest BCUT2D eigenvalue weighted by Crippen LogP contribution is 2.22. The average Bonchev–Trinajstić information content (AvgIpc) is 3.05. The molecule has 0 aliphatic carbocycles. The molecule has 2 N–H and O–H groups in total. The van der Waals surface area contributed by atoms with Crippen LogP contribution in [0.15, 0.2) is 42.6 Å². The maximum atomic E-state index is 12.9. The fraction of sp³-hybridized carbons (Fsp3) is 0.333. The molecule has 1 aromatic carbocycles. The van der Waals surface area contributed by atoms with Gasteiger partial charge in [-0.2, -0.15) is 0 Å². The molecule has 1 amide bonds. The predicted molar refractivity (Wildman–Crippen MR) is 105 cm³/mol. The molecule has 3 aromatic rings. The van der Waals surface area contributed by atoms with Crippen molar-refractivity contribution in [1.29, 1.82) is 0 Å². The van der Waals surface area contributed by atoms with E-state index in [4.69, 9.17) is 0 Å². The highest BCUT2D eigenvalue weighted by atomic mass is 16.1. The van der Waals surface area contributed by atoms with Gasteiger partial charge >= 0.3 is 0 Å². The molecular weight excluding hydrogens is 324 g/mol. The van der Waals surface area contributed by atoms with E-state index in [1.807, 2.05) is 64.3 Å². The molecule has 0 aliphatic rings. The van der Waals surface area contributed by atoms with Gasteiger partial charge in [0, 0.05) is 17.1 Å². The third-order valence-corrected chi connectivity index (χ3v) is 4.66. The van der Waals surface area contributed by atoms with Gasteiger partial charge in [0.15, 0.2) is 0 Å². The molecule has 0 aliphatic heterocycles. The molecule has 3 rings (SSSR count). The van der Waals surface area contributed by atoms with Gasteiger partial charge in [0.1, 0.15) is 5.69 Å². The van der Waals surface area contributed by atoms with E-state index in [2.05, 4.69) is 20.2 Å². The Morgan fingerprint density at radius 2 is 1.96 bits per heavy atom. The number of hydrogen-bond acceptors (Lipinski definition) is 3. The highest BCUT2D eigenvalue weighted by molar-refractivity contribution is 5.98. The third-order valence-electron chi connectivity index (χ3n) is 4.66. The first-order valence-electron chi connectivity index (χ1n) is 8.91. The summed E-state index contributed by atoms with van der Waals surface area (Å²) in [5, 5.41) is 4.22. The van der Waals surface area contributed by atoms with Crippen molar-refractivity contribution in [2.24, 2.45) is 0 Å². The minimum atomic E-state index is -0.126. The second-order valence-electron chi connectivity index (χ2n) is 7.05. The van der Waals surface area contributed by atoms with Crippen LogP contribution in [0.4, 0.5) is 0 Å². The smallest absolute Gasteiger partial charge is 0.268 e. The molecule has 0 spiro atoms. The van der Waals surface area contributed by atoms with E-state index in [1.165, 1.54) is 0 Å². The normalized spacial score (nSPS) is 12.5. The van der Waals surface area contributed by atoms with Crippen molar-refractivity contribution in [3.05, 3.63) is 65.1 Å². The minimum Gasteiger partial charge on any atom is -0.350 e. The first-order chi connectivity index (χ1) is 12.5. The Balaban J connectivity index is 1.86. The van der Waals surface area contributed by atoms with E-state index in [9.17, 15) is 4.79 Å². The number of fused-ring (bicyclic) bond motifs is 1. The molecule has 0 radical (unpaired) electrons. The van der Waals surface area contributed by atoms with Crippen molar-refractivity contribution < 1.29 is 4.79 Å². The number of nitrogens with one attached hydrogen (secondary N) is 2. The van der Waals surface area contributed by atoms with Crippen LogP contribution >= 0.6 is 0 Å². The summed E-state index contributed by atoms with van der Waals surface area (Å²) < 4.78 is 0. The van der Waals surface area contributed by atoms with Gasteiger partial charge in [0.25, 0.3) is 5.91 Å². The maximum Gasteiger partial charge on any atom is 0.268 e. The summed E-state index contributed by atoms with van der Waals surface area (Å²) in [6, 6.07) is 11.8. The molecule has 2 heterocycles. The number of pyridine rings is 1. The number of benzene rings is 1. The SMILES string of the molecule is Cc1cccnc1C(CCN(C)C)NC(=O)c1cc2cccc(C)c2[nH]1. The van der Waals surface area contributed by atoms with Crippen LogP contribution in [0.5, 0.6) is 0 Å². The molecule has 0 saturated carbocycles. The predicted octanol–water partition coefficient (Wildman–Crippen LogP) is 3.60. The summed E-state index contributed by atoms with van der Waals surface area (Å²) in [7, 11) is 4.06. The van der Waals surface area contributed by atoms with E-state index >= 15 is 0 Å². The van der Waals surface area contributed by atoms with Crippen LogP contribution in [0, 0.1) is 13.8 Å². The minimum absolute atomic E-state index is 0.102. The zero-order valence-electron chi connectivity index (χ0n) is 15.8. The second kappa shape index (κ2) is 7.70. The van der Waals surface area contributed by atoms with E-state index in [1.54, 1.807) is 6.20 Å². The molecule has 136 valence electrons. The summed E-state index contributed by atoms with van der Waals surface area (Å²) >= 11 is 0. The molecule has 0 saturated heterocycles. The lowest BCUT2D eigenvalue weighted by atomic mass is 10.0. The molecule has 2 aromatic heterocycles. The number of carbonyl (C=O) groups excluding carboxylic acids is 1. The molecule has 0 fully saturated rings. The highest BCUT2D eigenvalue weighted by Gasteiger charge is 2.20. The summed E-state index contributed by atoms with van der Waals surface area (Å²) in [4.78, 5) is 22.8. The molecular formula is C21H26N4O. The number of H-pyrrole nitrogens is 1. The molecule has 26 heavy (non-hydrogen) atoms. The van der Waals surface area contributed by atoms with E-state index in [0.29, 0.717) is 5.69 Å². The van der Waals surface area contributed by atoms with E-state index < -0.39 is 0 Å². The number of amides is 1. The Morgan fingerprint density at radius 3 is 2.65 bits per heavy atom. The van der Waals surface area contributed by atoms with Crippen LogP contribution in [0.3, 0.4) is 0 Å². The van der Waals surface area contributed by atoms with Crippen molar-refractivity contribution in [2.75, 3.05) is 20.6 Å². The van der Waals surface area contributed by atoms with Gasteiger partial charge in [0.05, 0.1) is 11.7 Å². The topological polar surface area (TPSA) is 61.0 Å². The van der Waals surface area contributed by atoms with Gasteiger partial charge in [-0.05, 0) is 64.2 Å². The van der Waals surface area contributed by atoms with Crippen LogP contribution in [-0.2, 0) is 0 Å². The van der Waals surface area contributed by atoms with Gasteiger partial charge in [-0.25, -0.2) is 0 Å². The number of aryl methyl sites for hydroxylation is 2. The first kappa shape index (κ1) is 18.1. The molecule has 5 heteroatoms. The molecule has 1 atom stereocenters. The number of para-hydroxylation sites is 1. The van der Waals surface area contributed by atoms with Crippen molar-refractivity contribution in [2.45, 2.75) is 26.3 Å². The first-order valence-corrected chi connectivity index (χ1v) is 8.91. The van der Waals surface area contributed by atoms with Crippen molar-refractivity contribution in [3.63, 3.8) is 0 Å². The zero-order valence-corrected chi connectivity index (χ0v) is 15.8. The largest absolute Gasteiger partial charge is 0.350 e. The van der Waals surface area contributed by atoms with Crippen LogP contribution in [0.2, 0.25) is 0 Å². The summed E-state index contributed by atoms with van der Waals surface area (Å²) in [5.41, 5.74) is 4.74. The Morgan fingerprint density at radius 1 is 1.19 bits per heavy atom. The third kappa shape index (κ3) is 3.94. The van der Waals surface area contributed by atoms with Crippen molar-refractivity contribution in [3.8, 4) is 0 Å². The number of carbonyl (C=O) groups is 1. The van der Waals surface area contributed by atoms with Crippen LogP contribution in [-0.4, -0.2) is 41.4 Å². The van der Waals surface area contributed by atoms with Crippen molar-refractivity contribution in [1.82, 2.24) is 20.2 Å². The fourth-order valence-corrected chi connectivity index (χ4v) is 3.19. The molecule has 0 bridgehead atoms. The summed E-state index contributed by atoms with van der Waals surface area (Å²) in [5.74, 6) is -0.102. The zero-order chi connectivity index (χ0) is 18.7. The molecule has 1 unspecified atom stereocenters. The molecule has 5 nitrogen and oxygen atoms in total. The van der Waals surface area contributed by atoms with Gasteiger partial charge in [-0.3, -0.25) is 9.78 Å². The van der Waals surface area contributed by atoms with Crippen LogP contribution in [0.25, 0.3) is 10.9 Å². The Hall–Kier alpha value is -2.66. The second-order valence-corrected chi connectivity index (χ2v) is 7.05. The Bertz CT molecular complexity index is 913. The van der Waals surface area contributed by atoms with E-state index in [0.717, 1.165) is 40.7 Å². The Kier molecular flexibility index (Phi) is 5.38. The lowest BCUT2D eigenvalue weighted by Gasteiger charge is -2.21. The number of aromatic amines is 1. The number of hydrogen-bond donors (Lipinski definition) is 2. The lowest BCUT2D eigenvalue weighted by Crippen LogP contribution is -2.32. The summed E-state index contributed by atoms with van der Waals surface area (Å²) in [6.07, 6.45) is 2.58. The lowest BCUT2D eigenvalue weighted by molar-refractivity contribution is 0.0927. The van der Waals surface area contributed by atoms with Crippen molar-refractivity contribution >= 4 is 16.8 Å². The fourth-order valence-electron chi connectivity index (χ4n) is 3.19. The maximum absolute atomic E-state index is 12.9. The van der Waals surface area contributed by atoms with Gasteiger partial charge in [-0.15, -0.1) is 0 Å². The standard InChI is InChI=1S/C21H26N4O/c1-14-7-5-9-16-13-18(23-19(14)16)21(26)24-17(10-12-25(3)4)20-15(2)8-6-11-22-20/h5-9,11,13,17,23H,10,12H2,1-4H3,(H,24,26). The monoisotopic (exact) mass is 350 g/mol. The quantitative estimate of drug-likeness (QED) is 0.714. The van der Waals surface area contributed by atoms with E-state index in [-0.39, 0.29) is 11.9 Å². The summed E-state index contributed by atoms with van der Waals surface area (Å²) in [6.45, 7) is 4.94. The van der Waals surface area contributed by atoms with Gasteiger partial charge in [-0.1, -0.05) is 24.3 Å². The van der Waals surface area contributed by atoms with Crippen LogP contribution in [0.1, 0.15) is 39.8 Å².